The van der Waals surface area contributed by atoms with Crippen LogP contribution in [0.4, 0.5) is 5.69 Å². The van der Waals surface area contributed by atoms with E-state index >= 15 is 0 Å². The summed E-state index contributed by atoms with van der Waals surface area (Å²) < 4.78 is 35.5. The third-order valence-electron chi connectivity index (χ3n) is 7.44. The van der Waals surface area contributed by atoms with Crippen molar-refractivity contribution < 1.29 is 22.7 Å². The van der Waals surface area contributed by atoms with Gasteiger partial charge in [-0.05, 0) is 61.7 Å². The number of sulfonamides is 1. The lowest BCUT2D eigenvalue weighted by Crippen LogP contribution is -2.53. The predicted octanol–water partition coefficient (Wildman–Crippen LogP) is 6.41. The first-order valence-electron chi connectivity index (χ1n) is 15.3. The molecule has 4 rings (SSSR count). The second-order valence-corrected chi connectivity index (χ2v) is 13.1. The van der Waals surface area contributed by atoms with Crippen LogP contribution in [0.1, 0.15) is 37.0 Å². The number of carbonyl (C=O) groups excluding carboxylic acids is 2. The Morgan fingerprint density at radius 2 is 1.52 bits per heavy atom. The summed E-state index contributed by atoms with van der Waals surface area (Å²) in [5.41, 5.74) is 2.58. The molecule has 0 aliphatic carbocycles. The van der Waals surface area contributed by atoms with Gasteiger partial charge in [0.15, 0.2) is 0 Å². The molecule has 1 N–H and O–H groups in total. The number of nitrogens with zero attached hydrogens (tertiary/aromatic N) is 2. The number of benzene rings is 4. The summed E-state index contributed by atoms with van der Waals surface area (Å²) in [7, 11) is -4.26. The van der Waals surface area contributed by atoms with Crippen molar-refractivity contribution in [3.05, 3.63) is 125 Å². The molecule has 0 aliphatic rings. The Bertz CT molecular complexity index is 1720. The van der Waals surface area contributed by atoms with Crippen LogP contribution in [0.15, 0.2) is 108 Å². The Labute approximate surface area is 277 Å². The highest BCUT2D eigenvalue weighted by atomic mass is 35.5. The average Bonchev–Trinajstić information content (AvgIpc) is 3.06. The molecule has 0 spiro atoms. The summed E-state index contributed by atoms with van der Waals surface area (Å²) in [6, 6.07) is 28.7. The van der Waals surface area contributed by atoms with E-state index in [0.29, 0.717) is 35.9 Å². The molecule has 8 nitrogen and oxygen atoms in total. The number of anilines is 1. The maximum Gasteiger partial charge on any atom is 0.264 e. The molecule has 0 saturated carbocycles. The molecule has 0 radical (unpaired) electrons. The van der Waals surface area contributed by atoms with Crippen molar-refractivity contribution in [2.24, 2.45) is 0 Å². The van der Waals surface area contributed by atoms with Gasteiger partial charge in [-0.3, -0.25) is 13.9 Å². The largest absolute Gasteiger partial charge is 0.492 e. The van der Waals surface area contributed by atoms with E-state index in [2.05, 4.69) is 5.32 Å². The molecular formula is C36H40ClN3O5S. The zero-order chi connectivity index (χ0) is 33.1. The number of hydrogen-bond donors (Lipinski definition) is 1. The third kappa shape index (κ3) is 8.68. The maximum atomic E-state index is 14.6. The van der Waals surface area contributed by atoms with E-state index in [-0.39, 0.29) is 29.5 Å². The van der Waals surface area contributed by atoms with Crippen LogP contribution in [-0.2, 0) is 32.6 Å². The molecule has 46 heavy (non-hydrogen) atoms. The zero-order valence-electron chi connectivity index (χ0n) is 26.4. The van der Waals surface area contributed by atoms with Crippen LogP contribution in [-0.4, -0.2) is 50.9 Å². The van der Waals surface area contributed by atoms with Crippen molar-refractivity contribution in [2.45, 2.75) is 51.1 Å². The van der Waals surface area contributed by atoms with Gasteiger partial charge >= 0.3 is 0 Å². The van der Waals surface area contributed by atoms with Crippen LogP contribution in [0.25, 0.3) is 0 Å². The van der Waals surface area contributed by atoms with Crippen molar-refractivity contribution >= 4 is 39.1 Å². The maximum absolute atomic E-state index is 14.6. The molecule has 4 aromatic carbocycles. The molecule has 0 unspecified atom stereocenters. The number of rotatable bonds is 15. The second-order valence-electron chi connectivity index (χ2n) is 10.8. The van der Waals surface area contributed by atoms with Crippen LogP contribution < -0.4 is 14.4 Å². The first-order valence-corrected chi connectivity index (χ1v) is 17.1. The van der Waals surface area contributed by atoms with E-state index < -0.39 is 28.5 Å². The fraction of sp³-hybridized carbons (Fsp3) is 0.278. The van der Waals surface area contributed by atoms with Crippen LogP contribution >= 0.6 is 11.6 Å². The SMILES string of the molecule is CCCNC(=O)[C@H](Cc1ccccc1)N(Cc1ccccc1Cl)C(=O)CN(c1ccccc1OCC)S(=O)(=O)c1ccc(C)cc1. The Hall–Kier alpha value is -4.34. The lowest BCUT2D eigenvalue weighted by Gasteiger charge is -2.34. The van der Waals surface area contributed by atoms with E-state index in [4.69, 9.17) is 16.3 Å². The quantitative estimate of drug-likeness (QED) is 0.159. The Kier molecular flexibility index (Phi) is 12.2. The lowest BCUT2D eigenvalue weighted by atomic mass is 10.0. The van der Waals surface area contributed by atoms with Gasteiger partial charge in [-0.1, -0.05) is 96.9 Å². The number of carbonyl (C=O) groups is 2. The van der Waals surface area contributed by atoms with Gasteiger partial charge in [-0.2, -0.15) is 0 Å². The fourth-order valence-electron chi connectivity index (χ4n) is 5.02. The van der Waals surface area contributed by atoms with Crippen LogP contribution in [0, 0.1) is 6.92 Å². The van der Waals surface area contributed by atoms with Gasteiger partial charge in [0.1, 0.15) is 18.3 Å². The molecule has 242 valence electrons. The van der Waals surface area contributed by atoms with E-state index in [1.807, 2.05) is 44.2 Å². The summed E-state index contributed by atoms with van der Waals surface area (Å²) >= 11 is 6.56. The molecule has 2 amide bonds. The highest BCUT2D eigenvalue weighted by Crippen LogP contribution is 2.33. The zero-order valence-corrected chi connectivity index (χ0v) is 27.9. The number of ether oxygens (including phenoxy) is 1. The Morgan fingerprint density at radius 3 is 2.20 bits per heavy atom. The van der Waals surface area contributed by atoms with E-state index in [1.165, 1.54) is 17.0 Å². The van der Waals surface area contributed by atoms with Gasteiger partial charge in [0, 0.05) is 24.5 Å². The van der Waals surface area contributed by atoms with Gasteiger partial charge < -0.3 is 15.0 Å². The minimum Gasteiger partial charge on any atom is -0.492 e. The van der Waals surface area contributed by atoms with E-state index in [1.54, 1.807) is 67.6 Å². The van der Waals surface area contributed by atoms with Crippen molar-refractivity contribution in [1.29, 1.82) is 0 Å². The Balaban J connectivity index is 1.84. The summed E-state index contributed by atoms with van der Waals surface area (Å²) in [4.78, 5) is 29.8. The molecular weight excluding hydrogens is 622 g/mol. The number of para-hydroxylation sites is 2. The standard InChI is InChI=1S/C36H40ClN3O5S/c1-4-23-38-36(42)33(24-28-13-7-6-8-14-28)39(25-29-15-9-10-16-31(29)37)35(41)26-40(32-17-11-12-18-34(32)45-5-2)46(43,44)30-21-19-27(3)20-22-30/h6-22,33H,4-5,23-26H2,1-3H3,(H,38,42)/t33-/m0/s1. The van der Waals surface area contributed by atoms with Gasteiger partial charge in [-0.15, -0.1) is 0 Å². The first kappa shape index (κ1) is 34.5. The van der Waals surface area contributed by atoms with E-state index in [9.17, 15) is 18.0 Å². The highest BCUT2D eigenvalue weighted by molar-refractivity contribution is 7.92. The number of halogens is 1. The topological polar surface area (TPSA) is 96.0 Å². The number of aryl methyl sites for hydroxylation is 1. The summed E-state index contributed by atoms with van der Waals surface area (Å²) in [6.07, 6.45) is 0.922. The minimum absolute atomic E-state index is 0.0128. The van der Waals surface area contributed by atoms with Crippen LogP contribution in [0.5, 0.6) is 5.75 Å². The summed E-state index contributed by atoms with van der Waals surface area (Å²) in [5.74, 6) is -0.601. The third-order valence-corrected chi connectivity index (χ3v) is 9.58. The van der Waals surface area contributed by atoms with Crippen molar-refractivity contribution in [3.8, 4) is 5.75 Å². The molecule has 4 aromatic rings. The monoisotopic (exact) mass is 661 g/mol. The van der Waals surface area contributed by atoms with Gasteiger partial charge in [0.25, 0.3) is 10.0 Å². The smallest absolute Gasteiger partial charge is 0.264 e. The molecule has 1 atom stereocenters. The fourth-order valence-corrected chi connectivity index (χ4v) is 6.64. The lowest BCUT2D eigenvalue weighted by molar-refractivity contribution is -0.140. The number of nitrogens with one attached hydrogen (secondary N) is 1. The molecule has 0 aliphatic heterocycles. The van der Waals surface area contributed by atoms with Crippen molar-refractivity contribution in [1.82, 2.24) is 10.2 Å². The first-order chi connectivity index (χ1) is 22.1. The number of hydrogen-bond acceptors (Lipinski definition) is 5. The molecule has 0 bridgehead atoms. The van der Waals surface area contributed by atoms with Gasteiger partial charge in [-0.25, -0.2) is 8.42 Å². The molecule has 10 heteroatoms. The summed E-state index contributed by atoms with van der Waals surface area (Å²) in [5, 5.41) is 3.37. The van der Waals surface area contributed by atoms with E-state index in [0.717, 1.165) is 15.4 Å². The number of amides is 2. The molecule has 0 saturated heterocycles. The minimum atomic E-state index is -4.26. The average molecular weight is 662 g/mol. The van der Waals surface area contributed by atoms with Crippen molar-refractivity contribution in [3.63, 3.8) is 0 Å². The van der Waals surface area contributed by atoms with Crippen molar-refractivity contribution in [2.75, 3.05) is 24.0 Å². The predicted molar refractivity (Wildman–Crippen MR) is 183 cm³/mol. The highest BCUT2D eigenvalue weighted by Gasteiger charge is 2.35. The van der Waals surface area contributed by atoms with Gasteiger partial charge in [0.05, 0.1) is 17.2 Å². The molecule has 0 fully saturated rings. The van der Waals surface area contributed by atoms with Crippen LogP contribution in [0.2, 0.25) is 5.02 Å². The normalized spacial score (nSPS) is 11.8. The molecule has 0 heterocycles. The molecule has 0 aromatic heterocycles. The van der Waals surface area contributed by atoms with Crippen LogP contribution in [0.3, 0.4) is 0 Å². The summed E-state index contributed by atoms with van der Waals surface area (Å²) in [6.45, 7) is 5.73. The second kappa shape index (κ2) is 16.3. The van der Waals surface area contributed by atoms with Gasteiger partial charge in [0.2, 0.25) is 11.8 Å². The Morgan fingerprint density at radius 1 is 0.870 bits per heavy atom.